The second kappa shape index (κ2) is 6.94. The molecule has 24 heavy (non-hydrogen) atoms. The van der Waals surface area contributed by atoms with Gasteiger partial charge in [0.1, 0.15) is 6.33 Å². The van der Waals surface area contributed by atoms with Crippen LogP contribution < -0.4 is 0 Å². The number of thioether (sulfide) groups is 1. The van der Waals surface area contributed by atoms with Gasteiger partial charge in [0.2, 0.25) is 5.91 Å². The third-order valence-electron chi connectivity index (χ3n) is 4.03. The minimum absolute atomic E-state index is 0.0557. The van der Waals surface area contributed by atoms with Crippen LogP contribution in [0.15, 0.2) is 41.8 Å². The van der Waals surface area contributed by atoms with Crippen LogP contribution in [0.3, 0.4) is 0 Å². The van der Waals surface area contributed by atoms with Gasteiger partial charge in [-0.15, -0.1) is 10.2 Å². The monoisotopic (exact) mass is 366 g/mol. The first kappa shape index (κ1) is 17.0. The van der Waals surface area contributed by atoms with Gasteiger partial charge in [0.15, 0.2) is 15.0 Å². The molecule has 2 aromatic rings. The third-order valence-corrected chi connectivity index (χ3v) is 6.70. The lowest BCUT2D eigenvalue weighted by Crippen LogP contribution is -2.38. The molecule has 0 spiro atoms. The Hall–Kier alpha value is -1.87. The van der Waals surface area contributed by atoms with Crippen LogP contribution in [0, 0.1) is 0 Å². The minimum atomic E-state index is -3.00. The molecule has 1 atom stereocenters. The van der Waals surface area contributed by atoms with Crippen molar-refractivity contribution in [3.8, 4) is 5.69 Å². The van der Waals surface area contributed by atoms with Gasteiger partial charge in [-0.2, -0.15) is 0 Å². The van der Waals surface area contributed by atoms with E-state index in [1.165, 1.54) is 11.8 Å². The molecular weight excluding hydrogens is 348 g/mol. The van der Waals surface area contributed by atoms with E-state index in [0.29, 0.717) is 11.6 Å². The number of para-hydroxylation sites is 1. The molecule has 1 amide bonds. The largest absolute Gasteiger partial charge is 0.341 e. The van der Waals surface area contributed by atoms with Crippen molar-refractivity contribution in [1.82, 2.24) is 19.7 Å². The number of carbonyl (C=O) groups is 1. The second-order valence-corrected chi connectivity index (χ2v) is 8.84. The van der Waals surface area contributed by atoms with Crippen LogP contribution in [0.4, 0.5) is 0 Å². The number of aromatic nitrogens is 3. The highest BCUT2D eigenvalue weighted by atomic mass is 32.2. The van der Waals surface area contributed by atoms with Crippen LogP contribution in [0.2, 0.25) is 0 Å². The number of nitrogens with zero attached hydrogens (tertiary/aromatic N) is 4. The van der Waals surface area contributed by atoms with Gasteiger partial charge in [-0.05, 0) is 18.6 Å². The van der Waals surface area contributed by atoms with Crippen LogP contribution >= 0.6 is 11.8 Å². The maximum Gasteiger partial charge on any atom is 0.233 e. The van der Waals surface area contributed by atoms with Crippen molar-refractivity contribution in [3.63, 3.8) is 0 Å². The highest BCUT2D eigenvalue weighted by molar-refractivity contribution is 7.99. The maximum atomic E-state index is 12.3. The zero-order valence-corrected chi connectivity index (χ0v) is 14.8. The molecule has 9 heteroatoms. The van der Waals surface area contributed by atoms with Crippen molar-refractivity contribution >= 4 is 27.5 Å². The quantitative estimate of drug-likeness (QED) is 0.734. The van der Waals surface area contributed by atoms with Crippen molar-refractivity contribution in [2.24, 2.45) is 0 Å². The molecule has 0 saturated carbocycles. The molecule has 1 aromatic heterocycles. The van der Waals surface area contributed by atoms with E-state index in [-0.39, 0.29) is 29.2 Å². The molecular formula is C15H18N4O3S2. The molecule has 0 radical (unpaired) electrons. The molecule has 1 aliphatic heterocycles. The summed E-state index contributed by atoms with van der Waals surface area (Å²) in [5.41, 5.74) is 0.924. The summed E-state index contributed by atoms with van der Waals surface area (Å²) in [6.45, 7) is 0. The zero-order chi connectivity index (χ0) is 17.2. The Balaban J connectivity index is 1.62. The summed E-state index contributed by atoms with van der Waals surface area (Å²) in [5, 5.41) is 8.59. The van der Waals surface area contributed by atoms with Crippen LogP contribution in [0.25, 0.3) is 5.69 Å². The molecule has 0 aliphatic carbocycles. The summed E-state index contributed by atoms with van der Waals surface area (Å²) in [6, 6.07) is 9.41. The first-order valence-electron chi connectivity index (χ1n) is 7.50. The van der Waals surface area contributed by atoms with Gasteiger partial charge in [0.25, 0.3) is 0 Å². The fourth-order valence-corrected chi connectivity index (χ4v) is 5.23. The lowest BCUT2D eigenvalue weighted by atomic mass is 10.2. The summed E-state index contributed by atoms with van der Waals surface area (Å²) in [7, 11) is -1.34. The number of benzene rings is 1. The molecule has 0 N–H and O–H groups in total. The van der Waals surface area contributed by atoms with E-state index >= 15 is 0 Å². The van der Waals surface area contributed by atoms with Crippen molar-refractivity contribution in [2.75, 3.05) is 24.3 Å². The molecule has 1 fully saturated rings. The Morgan fingerprint density at radius 3 is 2.79 bits per heavy atom. The predicted molar refractivity (Wildman–Crippen MR) is 91.9 cm³/mol. The van der Waals surface area contributed by atoms with E-state index in [0.717, 1.165) is 5.69 Å². The average molecular weight is 366 g/mol. The van der Waals surface area contributed by atoms with Crippen molar-refractivity contribution in [2.45, 2.75) is 17.6 Å². The summed E-state index contributed by atoms with van der Waals surface area (Å²) < 4.78 is 24.9. The molecule has 1 aromatic carbocycles. The Labute approximate surface area is 145 Å². The number of rotatable bonds is 5. The van der Waals surface area contributed by atoms with Crippen LogP contribution in [0.1, 0.15) is 6.42 Å². The molecule has 7 nitrogen and oxygen atoms in total. The fraction of sp³-hybridized carbons (Fsp3) is 0.400. The maximum absolute atomic E-state index is 12.3. The van der Waals surface area contributed by atoms with Crippen molar-refractivity contribution in [3.05, 3.63) is 36.7 Å². The average Bonchev–Trinajstić information content (AvgIpc) is 3.18. The fourth-order valence-electron chi connectivity index (χ4n) is 2.60. The van der Waals surface area contributed by atoms with Gasteiger partial charge < -0.3 is 4.90 Å². The van der Waals surface area contributed by atoms with Gasteiger partial charge in [0, 0.05) is 18.8 Å². The number of hydrogen-bond donors (Lipinski definition) is 0. The van der Waals surface area contributed by atoms with Gasteiger partial charge in [-0.1, -0.05) is 30.0 Å². The Morgan fingerprint density at radius 1 is 1.38 bits per heavy atom. The van der Waals surface area contributed by atoms with Gasteiger partial charge in [0.05, 0.1) is 17.3 Å². The van der Waals surface area contributed by atoms with Gasteiger partial charge >= 0.3 is 0 Å². The standard InChI is InChI=1S/C15H18N4O3S2/c1-18(13-7-8-24(21,22)10-13)14(20)9-23-15-17-16-11-19(15)12-5-3-2-4-6-12/h2-6,11,13H,7-10H2,1H3/t13-/m1/s1. The number of sulfone groups is 1. The summed E-state index contributed by atoms with van der Waals surface area (Å²) in [4.78, 5) is 13.9. The molecule has 0 bridgehead atoms. The Bertz CT molecular complexity index is 820. The smallest absolute Gasteiger partial charge is 0.233 e. The van der Waals surface area contributed by atoms with Gasteiger partial charge in [-0.3, -0.25) is 9.36 Å². The van der Waals surface area contributed by atoms with E-state index < -0.39 is 9.84 Å². The third kappa shape index (κ3) is 3.78. The Morgan fingerprint density at radius 2 is 2.12 bits per heavy atom. The first-order valence-corrected chi connectivity index (χ1v) is 10.3. The number of carbonyl (C=O) groups excluding carboxylic acids is 1. The minimum Gasteiger partial charge on any atom is -0.341 e. The topological polar surface area (TPSA) is 85.2 Å². The lowest BCUT2D eigenvalue weighted by molar-refractivity contribution is -0.128. The normalized spacial score (nSPS) is 19.3. The van der Waals surface area contributed by atoms with Crippen LogP contribution in [0.5, 0.6) is 0 Å². The summed E-state index contributed by atoms with van der Waals surface area (Å²) >= 11 is 1.29. The molecule has 2 heterocycles. The SMILES string of the molecule is CN(C(=O)CSc1nncn1-c1ccccc1)[C@@H]1CCS(=O)(=O)C1. The van der Waals surface area contributed by atoms with E-state index in [1.54, 1.807) is 18.3 Å². The molecule has 1 saturated heterocycles. The molecule has 128 valence electrons. The molecule has 0 unspecified atom stereocenters. The zero-order valence-electron chi connectivity index (χ0n) is 13.2. The highest BCUT2D eigenvalue weighted by Gasteiger charge is 2.32. The van der Waals surface area contributed by atoms with Crippen LogP contribution in [-0.4, -0.2) is 64.3 Å². The number of amides is 1. The molecule has 1 aliphatic rings. The van der Waals surface area contributed by atoms with E-state index in [9.17, 15) is 13.2 Å². The predicted octanol–water partition coefficient (Wildman–Crippen LogP) is 1.00. The highest BCUT2D eigenvalue weighted by Crippen LogP contribution is 2.21. The second-order valence-electron chi connectivity index (χ2n) is 5.67. The lowest BCUT2D eigenvalue weighted by Gasteiger charge is -2.23. The van der Waals surface area contributed by atoms with E-state index in [1.807, 2.05) is 34.9 Å². The van der Waals surface area contributed by atoms with Gasteiger partial charge in [-0.25, -0.2) is 8.42 Å². The van der Waals surface area contributed by atoms with E-state index in [2.05, 4.69) is 10.2 Å². The van der Waals surface area contributed by atoms with Crippen molar-refractivity contribution in [1.29, 1.82) is 0 Å². The van der Waals surface area contributed by atoms with E-state index in [4.69, 9.17) is 0 Å². The number of hydrogen-bond acceptors (Lipinski definition) is 6. The first-order chi connectivity index (χ1) is 11.5. The Kier molecular flexibility index (Phi) is 4.91. The summed E-state index contributed by atoms with van der Waals surface area (Å²) in [6.07, 6.45) is 2.12. The molecule has 3 rings (SSSR count). The van der Waals surface area contributed by atoms with Crippen molar-refractivity contribution < 1.29 is 13.2 Å². The summed E-state index contributed by atoms with van der Waals surface area (Å²) in [5.74, 6) is 0.299. The van der Waals surface area contributed by atoms with Crippen LogP contribution in [-0.2, 0) is 14.6 Å².